The van der Waals surface area contributed by atoms with E-state index in [4.69, 9.17) is 11.6 Å². The van der Waals surface area contributed by atoms with Crippen LogP contribution in [0.15, 0.2) is 47.4 Å². The lowest BCUT2D eigenvalue weighted by Gasteiger charge is -2.41. The number of nitro benzene ring substituents is 1. The number of carbonyl (C=O) groups excluding carboxylic acids is 1. The highest BCUT2D eigenvalue weighted by Gasteiger charge is 2.39. The molecule has 0 spiro atoms. The molecule has 8 nitrogen and oxygen atoms in total. The molecule has 1 aliphatic rings. The fourth-order valence-electron chi connectivity index (χ4n) is 4.19. The van der Waals surface area contributed by atoms with E-state index < -0.39 is 32.7 Å². The Hall–Kier alpha value is -2.33. The second-order valence-electron chi connectivity index (χ2n) is 8.09. The number of nitrogens with zero attached hydrogens (tertiary/aromatic N) is 3. The number of hydrogen-bond donors (Lipinski definition) is 0. The molecule has 0 radical (unpaired) electrons. The van der Waals surface area contributed by atoms with Crippen LogP contribution in [0.4, 0.5) is 5.69 Å². The van der Waals surface area contributed by atoms with E-state index in [2.05, 4.69) is 0 Å². The molecule has 1 fully saturated rings. The highest BCUT2D eigenvalue weighted by atomic mass is 35.5. The van der Waals surface area contributed by atoms with Crippen LogP contribution in [0.25, 0.3) is 0 Å². The van der Waals surface area contributed by atoms with Gasteiger partial charge in [-0.05, 0) is 56.5 Å². The van der Waals surface area contributed by atoms with Gasteiger partial charge in [0.05, 0.1) is 11.0 Å². The van der Waals surface area contributed by atoms with Crippen molar-refractivity contribution >= 4 is 33.1 Å². The average Bonchev–Trinajstić information content (AvgIpc) is 2.72. The van der Waals surface area contributed by atoms with Crippen molar-refractivity contribution in [2.24, 2.45) is 0 Å². The first-order valence-corrected chi connectivity index (χ1v) is 12.1. The van der Waals surface area contributed by atoms with E-state index in [1.807, 2.05) is 24.0 Å². The van der Waals surface area contributed by atoms with Crippen molar-refractivity contribution in [3.8, 4) is 0 Å². The van der Waals surface area contributed by atoms with E-state index in [0.29, 0.717) is 24.5 Å². The molecule has 172 valence electrons. The number of ketones is 1. The van der Waals surface area contributed by atoms with E-state index in [9.17, 15) is 23.3 Å². The van der Waals surface area contributed by atoms with Gasteiger partial charge in [-0.25, -0.2) is 8.42 Å². The molecular formula is C22H26ClN3O5S. The maximum absolute atomic E-state index is 13.2. The molecule has 10 heteroatoms. The van der Waals surface area contributed by atoms with Crippen LogP contribution in [-0.2, 0) is 21.2 Å². The summed E-state index contributed by atoms with van der Waals surface area (Å²) in [7, 11) is -4.06. The Bertz CT molecular complexity index is 1140. The number of piperazine rings is 1. The van der Waals surface area contributed by atoms with Gasteiger partial charge < -0.3 is 0 Å². The predicted octanol–water partition coefficient (Wildman–Crippen LogP) is 3.45. The molecule has 1 aliphatic heterocycles. The number of carbonyl (C=O) groups is 1. The maximum Gasteiger partial charge on any atom is 0.289 e. The smallest absolute Gasteiger partial charge is 0.289 e. The zero-order valence-corrected chi connectivity index (χ0v) is 19.8. The molecule has 1 saturated heterocycles. The second-order valence-corrected chi connectivity index (χ2v) is 10.4. The fourth-order valence-corrected chi connectivity index (χ4v) is 6.19. The van der Waals surface area contributed by atoms with Crippen LogP contribution in [0.1, 0.15) is 25.0 Å². The third-order valence-electron chi connectivity index (χ3n) is 5.87. The Morgan fingerprint density at radius 1 is 1.25 bits per heavy atom. The number of sulfonamides is 1. The molecule has 0 N–H and O–H groups in total. The maximum atomic E-state index is 13.2. The highest BCUT2D eigenvalue weighted by molar-refractivity contribution is 7.89. The van der Waals surface area contributed by atoms with Gasteiger partial charge in [-0.2, -0.15) is 4.31 Å². The molecule has 2 atom stereocenters. The molecule has 1 heterocycles. The van der Waals surface area contributed by atoms with Crippen LogP contribution < -0.4 is 0 Å². The summed E-state index contributed by atoms with van der Waals surface area (Å²) in [5.74, 6) is 0.00144. The molecule has 0 unspecified atom stereocenters. The summed E-state index contributed by atoms with van der Waals surface area (Å²) in [6.07, 6.45) is 0.502. The van der Waals surface area contributed by atoms with Gasteiger partial charge in [0.15, 0.2) is 4.90 Å². The van der Waals surface area contributed by atoms with E-state index in [-0.39, 0.29) is 17.2 Å². The number of rotatable bonds is 7. The molecule has 0 bridgehead atoms. The van der Waals surface area contributed by atoms with E-state index in [1.165, 1.54) is 35.5 Å². The lowest BCUT2D eigenvalue weighted by atomic mass is 9.97. The van der Waals surface area contributed by atoms with Gasteiger partial charge in [0.1, 0.15) is 5.78 Å². The van der Waals surface area contributed by atoms with Crippen LogP contribution in [0.2, 0.25) is 5.02 Å². The van der Waals surface area contributed by atoms with Crippen LogP contribution >= 0.6 is 11.6 Å². The molecule has 0 amide bonds. The number of benzene rings is 2. The Morgan fingerprint density at radius 2 is 1.94 bits per heavy atom. The molecule has 2 aromatic rings. The van der Waals surface area contributed by atoms with Crippen molar-refractivity contribution in [1.29, 1.82) is 0 Å². The summed E-state index contributed by atoms with van der Waals surface area (Å²) in [4.78, 5) is 24.8. The first-order chi connectivity index (χ1) is 15.0. The van der Waals surface area contributed by atoms with Crippen molar-refractivity contribution in [3.05, 3.63) is 68.7 Å². The normalized spacial score (nSPS) is 18.9. The van der Waals surface area contributed by atoms with Gasteiger partial charge in [0.25, 0.3) is 5.69 Å². The number of halogens is 1. The number of Topliss-reactive ketones (excluding diaryl/α,β-unsaturated/α-hetero) is 1. The fraction of sp³-hybridized carbons (Fsp3) is 0.409. The van der Waals surface area contributed by atoms with E-state index in [0.717, 1.165) is 11.1 Å². The lowest BCUT2D eigenvalue weighted by molar-refractivity contribution is -0.387. The van der Waals surface area contributed by atoms with Crippen LogP contribution in [0, 0.1) is 17.0 Å². The van der Waals surface area contributed by atoms with Gasteiger partial charge in [-0.1, -0.05) is 29.8 Å². The summed E-state index contributed by atoms with van der Waals surface area (Å²) >= 11 is 6.04. The summed E-state index contributed by atoms with van der Waals surface area (Å²) in [6.45, 7) is 6.06. The number of para-hydroxylation sites is 1. The SMILES string of the molecule is CC(=O)[C@H](Cc1ccc(Cl)cc1C)N1CCN(S(=O)(=O)c2ccccc2[N+](=O)[O-])[C@@H](C)C1. The Balaban J connectivity index is 1.81. The van der Waals surface area contributed by atoms with Crippen molar-refractivity contribution in [1.82, 2.24) is 9.21 Å². The molecule has 0 saturated carbocycles. The third kappa shape index (κ3) is 5.01. The zero-order chi connectivity index (χ0) is 23.6. The predicted molar refractivity (Wildman–Crippen MR) is 122 cm³/mol. The Labute approximate surface area is 193 Å². The standard InChI is InChI=1S/C22H26ClN3O5S/c1-15-12-19(23)9-8-18(15)13-21(17(3)27)24-10-11-25(16(2)14-24)32(30,31)22-7-5-4-6-20(22)26(28)29/h4-9,12,16,21H,10-11,13-14H2,1-3H3/t16-,21-/m0/s1. The molecule has 32 heavy (non-hydrogen) atoms. The van der Waals surface area contributed by atoms with Crippen molar-refractivity contribution in [2.75, 3.05) is 19.6 Å². The molecule has 0 aromatic heterocycles. The van der Waals surface area contributed by atoms with Gasteiger partial charge >= 0.3 is 0 Å². The van der Waals surface area contributed by atoms with Crippen LogP contribution in [0.3, 0.4) is 0 Å². The Kier molecular flexibility index (Phi) is 7.34. The van der Waals surface area contributed by atoms with E-state index in [1.54, 1.807) is 13.0 Å². The molecule has 3 rings (SSSR count). The molecule has 2 aromatic carbocycles. The average molecular weight is 480 g/mol. The summed E-state index contributed by atoms with van der Waals surface area (Å²) < 4.78 is 27.7. The number of nitro groups is 1. The molecular weight excluding hydrogens is 454 g/mol. The second kappa shape index (κ2) is 9.66. The summed E-state index contributed by atoms with van der Waals surface area (Å²) in [6, 6.07) is 10.1. The minimum Gasteiger partial charge on any atom is -0.298 e. The van der Waals surface area contributed by atoms with Gasteiger partial charge in [-0.15, -0.1) is 0 Å². The van der Waals surface area contributed by atoms with Crippen molar-refractivity contribution < 1.29 is 18.1 Å². The van der Waals surface area contributed by atoms with Gasteiger partial charge in [0, 0.05) is 36.8 Å². The van der Waals surface area contributed by atoms with Crippen LogP contribution in [-0.4, -0.2) is 60.0 Å². The summed E-state index contributed by atoms with van der Waals surface area (Å²) in [5, 5.41) is 12.0. The van der Waals surface area contributed by atoms with Crippen LogP contribution in [0.5, 0.6) is 0 Å². The largest absolute Gasteiger partial charge is 0.298 e. The molecule has 0 aliphatic carbocycles. The van der Waals surface area contributed by atoms with Crippen molar-refractivity contribution in [3.63, 3.8) is 0 Å². The number of hydrogen-bond acceptors (Lipinski definition) is 6. The minimum atomic E-state index is -4.06. The highest BCUT2D eigenvalue weighted by Crippen LogP contribution is 2.29. The first kappa shape index (κ1) is 24.3. The van der Waals surface area contributed by atoms with E-state index >= 15 is 0 Å². The van der Waals surface area contributed by atoms with Gasteiger partial charge in [-0.3, -0.25) is 19.8 Å². The summed E-state index contributed by atoms with van der Waals surface area (Å²) in [5.41, 5.74) is 1.56. The van der Waals surface area contributed by atoms with Gasteiger partial charge in [0.2, 0.25) is 10.0 Å². The number of aryl methyl sites for hydroxylation is 1. The Morgan fingerprint density at radius 3 is 2.53 bits per heavy atom. The topological polar surface area (TPSA) is 101 Å². The third-order valence-corrected chi connectivity index (χ3v) is 8.17. The zero-order valence-electron chi connectivity index (χ0n) is 18.2. The monoisotopic (exact) mass is 479 g/mol. The minimum absolute atomic E-state index is 0.00144. The first-order valence-electron chi connectivity index (χ1n) is 10.3. The van der Waals surface area contributed by atoms with Crippen molar-refractivity contribution in [2.45, 2.75) is 44.2 Å². The lowest BCUT2D eigenvalue weighted by Crippen LogP contribution is -2.58. The quantitative estimate of drug-likeness (QED) is 0.445.